The van der Waals surface area contributed by atoms with Crippen molar-refractivity contribution in [1.82, 2.24) is 10.3 Å². The van der Waals surface area contributed by atoms with E-state index in [2.05, 4.69) is 5.32 Å². The molecule has 0 bridgehead atoms. The van der Waals surface area contributed by atoms with E-state index in [1.807, 2.05) is 13.8 Å². The fourth-order valence-corrected chi connectivity index (χ4v) is 0.984. The molecule has 1 heterocycles. The molecule has 0 saturated carbocycles. The molecule has 3 N–H and O–H groups in total. The van der Waals surface area contributed by atoms with Crippen molar-refractivity contribution in [3.63, 3.8) is 0 Å². The lowest BCUT2D eigenvalue weighted by Gasteiger charge is -2.26. The van der Waals surface area contributed by atoms with Gasteiger partial charge in [0, 0.05) is 0 Å². The molecule has 0 aromatic rings. The van der Waals surface area contributed by atoms with Crippen LogP contribution in [0.1, 0.15) is 20.3 Å². The topological polar surface area (TPSA) is 67.6 Å². The Kier molecular flexibility index (Phi) is 2.54. The maximum absolute atomic E-state index is 11.2. The van der Waals surface area contributed by atoms with Gasteiger partial charge in [-0.15, -0.1) is 0 Å². The van der Waals surface area contributed by atoms with Crippen LogP contribution < -0.4 is 11.2 Å². The number of rotatable bonds is 1. The number of hydrogen-bond donors (Lipinski definition) is 2. The second kappa shape index (κ2) is 3.28. The number of carbonyl (C=O) groups is 1. The average Bonchev–Trinajstić information content (AvgIpc) is 2.14. The van der Waals surface area contributed by atoms with Gasteiger partial charge in [-0.3, -0.25) is 0 Å². The molecular weight excluding hydrogens is 158 g/mol. The minimum absolute atomic E-state index is 0.154. The number of hydrazine groups is 1. The molecule has 5 heteroatoms. The molecule has 0 aromatic heterocycles. The molecule has 0 aromatic carbocycles. The number of nitrogens with zero attached hydrogens (tertiary/aromatic N) is 1. The molecular formula is C7H15N3O2. The standard InChI is InChI=1S/C7H15N3O2/c1-3-7(2)4-12-5-10(8)6(11)9-7/h3-5,8H2,1-2H3,(H,9,11). The number of nitrogens with one attached hydrogen (secondary N) is 1. The number of urea groups is 1. The molecule has 0 aliphatic carbocycles. The summed E-state index contributed by atoms with van der Waals surface area (Å²) in [4.78, 5) is 11.2. The highest BCUT2D eigenvalue weighted by atomic mass is 16.5. The Hall–Kier alpha value is -0.810. The molecule has 2 amide bonds. The minimum atomic E-state index is -0.287. The quantitative estimate of drug-likeness (QED) is 0.434. The molecule has 0 spiro atoms. The lowest BCUT2D eigenvalue weighted by molar-refractivity contribution is 0.0441. The van der Waals surface area contributed by atoms with Crippen LogP contribution in [-0.4, -0.2) is 29.9 Å². The maximum atomic E-state index is 11.2. The third kappa shape index (κ3) is 1.86. The largest absolute Gasteiger partial charge is 0.357 e. The summed E-state index contributed by atoms with van der Waals surface area (Å²) in [5, 5.41) is 3.82. The fraction of sp³-hybridized carbons (Fsp3) is 0.857. The molecule has 1 fully saturated rings. The van der Waals surface area contributed by atoms with Gasteiger partial charge >= 0.3 is 6.03 Å². The van der Waals surface area contributed by atoms with E-state index in [4.69, 9.17) is 10.6 Å². The van der Waals surface area contributed by atoms with Crippen LogP contribution in [0.25, 0.3) is 0 Å². The molecule has 1 rings (SSSR count). The zero-order valence-electron chi connectivity index (χ0n) is 7.46. The van der Waals surface area contributed by atoms with Crippen LogP contribution in [0, 0.1) is 0 Å². The number of hydrogen-bond acceptors (Lipinski definition) is 3. The Morgan fingerprint density at radius 1 is 1.83 bits per heavy atom. The van der Waals surface area contributed by atoms with Crippen molar-refractivity contribution >= 4 is 6.03 Å². The van der Waals surface area contributed by atoms with E-state index in [-0.39, 0.29) is 18.3 Å². The summed E-state index contributed by atoms with van der Waals surface area (Å²) in [5.41, 5.74) is -0.287. The Morgan fingerprint density at radius 3 is 3.08 bits per heavy atom. The zero-order valence-corrected chi connectivity index (χ0v) is 7.46. The SMILES string of the molecule is CCC1(C)COCN(N)C(=O)N1. The highest BCUT2D eigenvalue weighted by molar-refractivity contribution is 5.74. The Bertz CT molecular complexity index is 185. The smallest absolute Gasteiger partial charge is 0.334 e. The predicted octanol–water partition coefficient (Wildman–Crippen LogP) is 0.0281. The van der Waals surface area contributed by atoms with E-state index in [0.717, 1.165) is 11.4 Å². The van der Waals surface area contributed by atoms with Gasteiger partial charge in [-0.1, -0.05) is 6.92 Å². The molecule has 1 aliphatic rings. The average molecular weight is 173 g/mol. The van der Waals surface area contributed by atoms with Crippen LogP contribution in [0.15, 0.2) is 0 Å². The molecule has 0 radical (unpaired) electrons. The molecule has 70 valence electrons. The molecule has 12 heavy (non-hydrogen) atoms. The second-order valence-corrected chi connectivity index (χ2v) is 3.29. The fourth-order valence-electron chi connectivity index (χ4n) is 0.984. The van der Waals surface area contributed by atoms with Crippen LogP contribution in [0.4, 0.5) is 4.79 Å². The first kappa shape index (κ1) is 9.28. The summed E-state index contributed by atoms with van der Waals surface area (Å²) in [7, 11) is 0. The maximum Gasteiger partial charge on any atom is 0.334 e. The van der Waals surface area contributed by atoms with Crippen LogP contribution in [-0.2, 0) is 4.74 Å². The van der Waals surface area contributed by atoms with Crippen molar-refractivity contribution in [2.45, 2.75) is 25.8 Å². The minimum Gasteiger partial charge on any atom is -0.357 e. The van der Waals surface area contributed by atoms with Gasteiger partial charge in [-0.25, -0.2) is 15.6 Å². The summed E-state index contributed by atoms with van der Waals surface area (Å²) in [6.07, 6.45) is 0.826. The normalized spacial score (nSPS) is 31.2. The van der Waals surface area contributed by atoms with Gasteiger partial charge in [0.15, 0.2) is 0 Å². The van der Waals surface area contributed by atoms with Gasteiger partial charge < -0.3 is 10.1 Å². The third-order valence-electron chi connectivity index (χ3n) is 2.10. The first-order valence-corrected chi connectivity index (χ1v) is 3.99. The van der Waals surface area contributed by atoms with E-state index in [9.17, 15) is 4.79 Å². The number of nitrogens with two attached hydrogens (primary N) is 1. The van der Waals surface area contributed by atoms with Crippen molar-refractivity contribution in [2.24, 2.45) is 5.84 Å². The summed E-state index contributed by atoms with van der Waals surface area (Å²) in [6.45, 7) is 4.59. The van der Waals surface area contributed by atoms with Crippen LogP contribution >= 0.6 is 0 Å². The van der Waals surface area contributed by atoms with Gasteiger partial charge in [-0.05, 0) is 13.3 Å². The van der Waals surface area contributed by atoms with E-state index < -0.39 is 0 Å². The molecule has 1 saturated heterocycles. The zero-order chi connectivity index (χ0) is 9.19. The lowest BCUT2D eigenvalue weighted by atomic mass is 10.0. The third-order valence-corrected chi connectivity index (χ3v) is 2.10. The van der Waals surface area contributed by atoms with Gasteiger partial charge in [0.2, 0.25) is 0 Å². The highest BCUT2D eigenvalue weighted by Gasteiger charge is 2.29. The van der Waals surface area contributed by atoms with E-state index in [1.54, 1.807) is 0 Å². The second-order valence-electron chi connectivity index (χ2n) is 3.29. The summed E-state index contributed by atoms with van der Waals surface area (Å²) in [6, 6.07) is -0.281. The Morgan fingerprint density at radius 2 is 2.50 bits per heavy atom. The van der Waals surface area contributed by atoms with Crippen LogP contribution in [0.3, 0.4) is 0 Å². The first-order chi connectivity index (χ1) is 5.57. The van der Waals surface area contributed by atoms with Crippen molar-refractivity contribution < 1.29 is 9.53 Å². The van der Waals surface area contributed by atoms with Crippen molar-refractivity contribution in [1.29, 1.82) is 0 Å². The molecule has 1 aliphatic heterocycles. The summed E-state index contributed by atoms with van der Waals surface area (Å²) >= 11 is 0. The number of ether oxygens (including phenoxy) is 1. The molecule has 5 nitrogen and oxygen atoms in total. The number of carbonyl (C=O) groups excluding carboxylic acids is 1. The van der Waals surface area contributed by atoms with Crippen molar-refractivity contribution in [3.05, 3.63) is 0 Å². The predicted molar refractivity (Wildman–Crippen MR) is 44.1 cm³/mol. The van der Waals surface area contributed by atoms with Crippen LogP contribution in [0.2, 0.25) is 0 Å². The molecule has 1 atom stereocenters. The Balaban J connectivity index is 2.66. The lowest BCUT2D eigenvalue weighted by Crippen LogP contribution is -2.51. The molecule has 1 unspecified atom stereocenters. The van der Waals surface area contributed by atoms with Gasteiger partial charge in [-0.2, -0.15) is 0 Å². The van der Waals surface area contributed by atoms with Gasteiger partial charge in [0.1, 0.15) is 6.73 Å². The van der Waals surface area contributed by atoms with Crippen molar-refractivity contribution in [2.75, 3.05) is 13.3 Å². The van der Waals surface area contributed by atoms with E-state index in [0.29, 0.717) is 6.61 Å². The summed E-state index contributed by atoms with van der Waals surface area (Å²) in [5.74, 6) is 5.35. The summed E-state index contributed by atoms with van der Waals surface area (Å²) < 4.78 is 5.20. The highest BCUT2D eigenvalue weighted by Crippen LogP contribution is 2.12. The van der Waals surface area contributed by atoms with E-state index >= 15 is 0 Å². The monoisotopic (exact) mass is 173 g/mol. The van der Waals surface area contributed by atoms with Crippen molar-refractivity contribution in [3.8, 4) is 0 Å². The number of amides is 2. The Labute approximate surface area is 71.8 Å². The van der Waals surface area contributed by atoms with E-state index in [1.165, 1.54) is 0 Å². The van der Waals surface area contributed by atoms with Crippen LogP contribution in [0.5, 0.6) is 0 Å². The first-order valence-electron chi connectivity index (χ1n) is 3.99. The van der Waals surface area contributed by atoms with Gasteiger partial charge in [0.05, 0.1) is 12.1 Å². The van der Waals surface area contributed by atoms with Gasteiger partial charge in [0.25, 0.3) is 0 Å².